The SMILES string of the molecule is [B]c1c([B])c(-c2cccc(-n3c4ccccc4c4ccc5c6ccccc6[nH]c5c43)c2-c2ccccc2)c(O)c([B])c1O. The lowest BCUT2D eigenvalue weighted by Crippen LogP contribution is -2.33. The van der Waals surface area contributed by atoms with Crippen LogP contribution in [0.25, 0.3) is 71.6 Å². The van der Waals surface area contributed by atoms with Crippen LogP contribution in [0.1, 0.15) is 0 Å². The van der Waals surface area contributed by atoms with Crippen LogP contribution in [0.3, 0.4) is 0 Å². The van der Waals surface area contributed by atoms with Gasteiger partial charge < -0.3 is 19.8 Å². The summed E-state index contributed by atoms with van der Waals surface area (Å²) in [5.74, 6) is -0.751. The number of fused-ring (bicyclic) bond motifs is 7. The maximum absolute atomic E-state index is 11.3. The standard InChI is InChI=1S/C36H21B3N2O2/c37-30-29(35(42)32(39)36(43)31(30)38)24-13-8-16-27(28(24)19-9-2-1-3-10-19)41-26-15-7-5-12-21(26)23-18-17-22-20-11-4-6-14-25(20)40-33(22)34(23)41/h1-18,40,42-43H. The van der Waals surface area contributed by atoms with E-state index in [4.69, 9.17) is 23.5 Å². The third-order valence-electron chi connectivity index (χ3n) is 8.49. The number of nitrogens with zero attached hydrogens (tertiary/aromatic N) is 1. The monoisotopic (exact) mass is 546 g/mol. The molecule has 0 amide bonds. The Kier molecular flexibility index (Phi) is 5.54. The Bertz CT molecular complexity index is 2380. The predicted octanol–water partition coefficient (Wildman–Crippen LogP) is 5.54. The number of aromatic hydroxyl groups is 2. The summed E-state index contributed by atoms with van der Waals surface area (Å²) in [7, 11) is 18.8. The average molecular weight is 546 g/mol. The second-order valence-corrected chi connectivity index (χ2v) is 10.8. The fourth-order valence-electron chi connectivity index (χ4n) is 6.52. The molecule has 8 rings (SSSR count). The fraction of sp³-hybridized carbons (Fsp3) is 0. The number of H-pyrrole nitrogens is 1. The maximum Gasteiger partial charge on any atom is 0.124 e. The van der Waals surface area contributed by atoms with Crippen molar-refractivity contribution in [1.82, 2.24) is 9.55 Å². The number of hydrogen-bond donors (Lipinski definition) is 3. The van der Waals surface area contributed by atoms with Crippen molar-refractivity contribution in [3.8, 4) is 39.4 Å². The van der Waals surface area contributed by atoms with Crippen LogP contribution in [-0.4, -0.2) is 43.3 Å². The fourth-order valence-corrected chi connectivity index (χ4v) is 6.52. The number of phenolic OH excluding ortho intramolecular Hbond substituents is 2. The number of aromatic nitrogens is 2. The van der Waals surface area contributed by atoms with Crippen molar-refractivity contribution in [2.45, 2.75) is 0 Å². The summed E-state index contributed by atoms with van der Waals surface area (Å²) in [5.41, 5.74) is 7.42. The van der Waals surface area contributed by atoms with Crippen molar-refractivity contribution < 1.29 is 10.2 Å². The number of benzene rings is 6. The maximum atomic E-state index is 11.3. The smallest absolute Gasteiger partial charge is 0.124 e. The van der Waals surface area contributed by atoms with Gasteiger partial charge in [-0.25, -0.2) is 0 Å². The van der Waals surface area contributed by atoms with Gasteiger partial charge in [-0.05, 0) is 34.8 Å². The number of nitrogens with one attached hydrogen (secondary N) is 1. The highest BCUT2D eigenvalue weighted by Gasteiger charge is 2.24. The van der Waals surface area contributed by atoms with Crippen molar-refractivity contribution in [1.29, 1.82) is 0 Å². The molecule has 6 radical (unpaired) electrons. The van der Waals surface area contributed by atoms with Gasteiger partial charge in [0.2, 0.25) is 0 Å². The molecule has 7 heteroatoms. The molecule has 4 nitrogen and oxygen atoms in total. The lowest BCUT2D eigenvalue weighted by Gasteiger charge is -2.23. The first-order valence-corrected chi connectivity index (χ1v) is 14.0. The van der Waals surface area contributed by atoms with Crippen molar-refractivity contribution in [2.75, 3.05) is 0 Å². The highest BCUT2D eigenvalue weighted by molar-refractivity contribution is 6.55. The zero-order valence-corrected chi connectivity index (χ0v) is 23.0. The third-order valence-corrected chi connectivity index (χ3v) is 8.49. The summed E-state index contributed by atoms with van der Waals surface area (Å²) in [6, 6.07) is 36.9. The van der Waals surface area contributed by atoms with Crippen LogP contribution in [0.5, 0.6) is 11.5 Å². The average Bonchev–Trinajstić information content (AvgIpc) is 3.59. The van der Waals surface area contributed by atoms with Crippen LogP contribution in [0.2, 0.25) is 0 Å². The van der Waals surface area contributed by atoms with Crippen LogP contribution >= 0.6 is 0 Å². The molecule has 43 heavy (non-hydrogen) atoms. The molecule has 3 N–H and O–H groups in total. The molecule has 196 valence electrons. The van der Waals surface area contributed by atoms with Gasteiger partial charge >= 0.3 is 0 Å². The van der Waals surface area contributed by atoms with Gasteiger partial charge in [-0.2, -0.15) is 0 Å². The van der Waals surface area contributed by atoms with Gasteiger partial charge in [0, 0.05) is 38.2 Å². The van der Waals surface area contributed by atoms with Crippen LogP contribution in [0.4, 0.5) is 0 Å². The highest BCUT2D eigenvalue weighted by atomic mass is 16.3. The minimum absolute atomic E-state index is 0.0544. The topological polar surface area (TPSA) is 61.2 Å². The molecular weight excluding hydrogens is 525 g/mol. The van der Waals surface area contributed by atoms with E-state index in [1.807, 2.05) is 54.6 Å². The summed E-state index contributed by atoms with van der Waals surface area (Å²) in [5, 5.41) is 26.2. The number of rotatable bonds is 3. The molecule has 8 aromatic rings. The second kappa shape index (κ2) is 9.37. The van der Waals surface area contributed by atoms with E-state index in [2.05, 4.69) is 64.1 Å². The van der Waals surface area contributed by atoms with Crippen LogP contribution in [0, 0.1) is 0 Å². The summed E-state index contributed by atoms with van der Waals surface area (Å²) in [6.07, 6.45) is 0. The molecule has 0 atom stereocenters. The molecule has 6 aromatic carbocycles. The zero-order chi connectivity index (χ0) is 29.4. The zero-order valence-electron chi connectivity index (χ0n) is 23.0. The van der Waals surface area contributed by atoms with Crippen LogP contribution < -0.4 is 16.4 Å². The molecule has 0 fully saturated rings. The van der Waals surface area contributed by atoms with Crippen molar-refractivity contribution in [2.24, 2.45) is 0 Å². The third kappa shape index (κ3) is 3.55. The first-order chi connectivity index (χ1) is 21.0. The summed E-state index contributed by atoms with van der Waals surface area (Å²) in [6.45, 7) is 0. The Morgan fingerprint density at radius 2 is 1.23 bits per heavy atom. The van der Waals surface area contributed by atoms with Gasteiger partial charge in [0.25, 0.3) is 0 Å². The first-order valence-electron chi connectivity index (χ1n) is 14.0. The molecule has 0 bridgehead atoms. The van der Waals surface area contributed by atoms with Gasteiger partial charge in [-0.3, -0.25) is 0 Å². The van der Waals surface area contributed by atoms with Crippen molar-refractivity contribution in [3.05, 3.63) is 109 Å². The van der Waals surface area contributed by atoms with E-state index in [-0.39, 0.29) is 27.7 Å². The van der Waals surface area contributed by atoms with Gasteiger partial charge in [0.1, 0.15) is 35.0 Å². The Morgan fingerprint density at radius 1 is 0.535 bits per heavy atom. The molecule has 0 unspecified atom stereocenters. The predicted molar refractivity (Wildman–Crippen MR) is 181 cm³/mol. The summed E-state index contributed by atoms with van der Waals surface area (Å²) in [4.78, 5) is 3.70. The first kappa shape index (κ1) is 25.4. The molecule has 0 aliphatic heterocycles. The summed E-state index contributed by atoms with van der Waals surface area (Å²) >= 11 is 0. The Labute approximate surface area is 251 Å². The number of hydrogen-bond acceptors (Lipinski definition) is 2. The summed E-state index contributed by atoms with van der Waals surface area (Å²) < 4.78 is 2.27. The van der Waals surface area contributed by atoms with E-state index in [0.29, 0.717) is 5.56 Å². The number of para-hydroxylation sites is 2. The van der Waals surface area contributed by atoms with Crippen LogP contribution in [-0.2, 0) is 0 Å². The molecule has 0 saturated carbocycles. The molecule has 0 spiro atoms. The molecule has 0 saturated heterocycles. The van der Waals surface area contributed by atoms with E-state index in [9.17, 15) is 10.2 Å². The van der Waals surface area contributed by atoms with Gasteiger partial charge in [-0.15, -0.1) is 0 Å². The van der Waals surface area contributed by atoms with Gasteiger partial charge in [0.05, 0.1) is 22.2 Å². The highest BCUT2D eigenvalue weighted by Crippen LogP contribution is 2.44. The minimum Gasteiger partial charge on any atom is -0.509 e. The van der Waals surface area contributed by atoms with E-state index in [1.54, 1.807) is 0 Å². The molecule has 2 heterocycles. The van der Waals surface area contributed by atoms with Gasteiger partial charge in [-0.1, -0.05) is 102 Å². The van der Waals surface area contributed by atoms with Crippen LogP contribution in [0.15, 0.2) is 109 Å². The van der Waals surface area contributed by atoms with E-state index in [0.717, 1.165) is 60.4 Å². The van der Waals surface area contributed by atoms with Gasteiger partial charge in [0.15, 0.2) is 0 Å². The Balaban J connectivity index is 1.58. The quantitative estimate of drug-likeness (QED) is 0.255. The normalized spacial score (nSPS) is 11.7. The molecular formula is C36H21B3N2O2. The lowest BCUT2D eigenvalue weighted by atomic mass is 9.70. The van der Waals surface area contributed by atoms with Crippen molar-refractivity contribution in [3.63, 3.8) is 0 Å². The molecule has 0 aliphatic carbocycles. The van der Waals surface area contributed by atoms with E-state index in [1.165, 1.54) is 0 Å². The number of aromatic amines is 1. The number of phenols is 2. The lowest BCUT2D eigenvalue weighted by molar-refractivity contribution is 0.463. The second-order valence-electron chi connectivity index (χ2n) is 10.8. The van der Waals surface area contributed by atoms with E-state index < -0.39 is 5.75 Å². The molecule has 2 aromatic heterocycles. The Morgan fingerprint density at radius 3 is 2.05 bits per heavy atom. The van der Waals surface area contributed by atoms with Crippen molar-refractivity contribution >= 4 is 83.5 Å². The Hall–Kier alpha value is -5.29. The minimum atomic E-state index is -0.431. The van der Waals surface area contributed by atoms with E-state index >= 15 is 0 Å². The largest absolute Gasteiger partial charge is 0.509 e. The molecule has 0 aliphatic rings.